The Bertz CT molecular complexity index is 211. The molecule has 0 amide bonds. The van der Waals surface area contributed by atoms with Crippen molar-refractivity contribution >= 4 is 0 Å². The van der Waals surface area contributed by atoms with Crippen molar-refractivity contribution in [1.82, 2.24) is 5.32 Å². The first-order chi connectivity index (χ1) is 6.82. The van der Waals surface area contributed by atoms with Crippen molar-refractivity contribution in [2.45, 2.75) is 58.6 Å². The molecule has 0 aromatic heterocycles. The zero-order chi connectivity index (χ0) is 11.7. The molecule has 0 aromatic rings. The molecule has 0 saturated heterocycles. The summed E-state index contributed by atoms with van der Waals surface area (Å²) in [5, 5.41) is 3.46. The lowest BCUT2D eigenvalue weighted by atomic mass is 9.94. The first-order valence-electron chi connectivity index (χ1n) is 6.05. The van der Waals surface area contributed by atoms with E-state index in [9.17, 15) is 0 Å². The molecule has 15 heavy (non-hydrogen) atoms. The summed E-state index contributed by atoms with van der Waals surface area (Å²) in [6, 6.07) is 0.662. The first kappa shape index (κ1) is 13.0. The van der Waals surface area contributed by atoms with Crippen LogP contribution < -0.4 is 5.32 Å². The van der Waals surface area contributed by atoms with Crippen LogP contribution in [0.1, 0.15) is 47.0 Å². The van der Waals surface area contributed by atoms with Crippen LogP contribution >= 0.6 is 0 Å². The van der Waals surface area contributed by atoms with Crippen molar-refractivity contribution in [2.75, 3.05) is 14.2 Å². The van der Waals surface area contributed by atoms with Gasteiger partial charge in [-0.25, -0.2) is 0 Å². The van der Waals surface area contributed by atoms with Gasteiger partial charge in [0.1, 0.15) is 0 Å². The lowest BCUT2D eigenvalue weighted by Crippen LogP contribution is -2.33. The first-order valence-corrected chi connectivity index (χ1v) is 6.05. The number of rotatable bonds is 6. The van der Waals surface area contributed by atoms with Gasteiger partial charge >= 0.3 is 0 Å². The molecule has 0 aromatic carbocycles. The fourth-order valence-electron chi connectivity index (χ4n) is 2.35. The zero-order valence-corrected chi connectivity index (χ0v) is 11.2. The highest BCUT2D eigenvalue weighted by atomic mass is 16.5. The van der Waals surface area contributed by atoms with E-state index < -0.39 is 0 Å². The van der Waals surface area contributed by atoms with Crippen LogP contribution in [-0.4, -0.2) is 25.8 Å². The highest BCUT2D eigenvalue weighted by Crippen LogP contribution is 2.54. The van der Waals surface area contributed by atoms with Gasteiger partial charge in [0.15, 0.2) is 0 Å². The van der Waals surface area contributed by atoms with Crippen LogP contribution in [0.25, 0.3) is 0 Å². The van der Waals surface area contributed by atoms with Crippen LogP contribution in [-0.2, 0) is 4.74 Å². The topological polar surface area (TPSA) is 21.3 Å². The van der Waals surface area contributed by atoms with E-state index in [1.54, 1.807) is 7.11 Å². The normalized spacial score (nSPS) is 26.4. The van der Waals surface area contributed by atoms with Crippen molar-refractivity contribution < 1.29 is 4.74 Å². The minimum absolute atomic E-state index is 0.0220. The van der Waals surface area contributed by atoms with Gasteiger partial charge in [-0.1, -0.05) is 13.8 Å². The molecule has 0 bridgehead atoms. The van der Waals surface area contributed by atoms with Crippen LogP contribution in [0.3, 0.4) is 0 Å². The molecule has 0 aliphatic heterocycles. The molecule has 2 atom stereocenters. The molecule has 2 nitrogen and oxygen atoms in total. The van der Waals surface area contributed by atoms with E-state index in [-0.39, 0.29) is 5.60 Å². The second kappa shape index (κ2) is 4.42. The number of hydrogen-bond donors (Lipinski definition) is 1. The van der Waals surface area contributed by atoms with Gasteiger partial charge in [-0.05, 0) is 51.5 Å². The average Bonchev–Trinajstić information content (AvgIpc) is 2.76. The minimum Gasteiger partial charge on any atom is -0.379 e. The largest absolute Gasteiger partial charge is 0.379 e. The van der Waals surface area contributed by atoms with E-state index in [0.29, 0.717) is 11.5 Å². The molecule has 0 heterocycles. The van der Waals surface area contributed by atoms with E-state index in [4.69, 9.17) is 4.74 Å². The van der Waals surface area contributed by atoms with Crippen molar-refractivity contribution in [3.63, 3.8) is 0 Å². The Labute approximate surface area is 94.8 Å². The second-order valence-corrected chi connectivity index (χ2v) is 6.20. The van der Waals surface area contributed by atoms with E-state index in [1.165, 1.54) is 12.8 Å². The molecular weight excluding hydrogens is 186 g/mol. The molecule has 1 rings (SSSR count). The maximum atomic E-state index is 5.46. The molecule has 1 fully saturated rings. The number of hydrogen-bond acceptors (Lipinski definition) is 2. The monoisotopic (exact) mass is 213 g/mol. The van der Waals surface area contributed by atoms with E-state index in [1.807, 2.05) is 0 Å². The smallest absolute Gasteiger partial charge is 0.0623 e. The van der Waals surface area contributed by atoms with Gasteiger partial charge in [0.2, 0.25) is 0 Å². The van der Waals surface area contributed by atoms with Gasteiger partial charge in [-0.15, -0.1) is 0 Å². The zero-order valence-electron chi connectivity index (χ0n) is 11.2. The Morgan fingerprint density at radius 3 is 2.33 bits per heavy atom. The summed E-state index contributed by atoms with van der Waals surface area (Å²) in [7, 11) is 3.88. The molecule has 0 radical (unpaired) electrons. The van der Waals surface area contributed by atoms with Crippen LogP contribution in [0, 0.1) is 11.3 Å². The van der Waals surface area contributed by atoms with Crippen molar-refractivity contribution in [3.8, 4) is 0 Å². The summed E-state index contributed by atoms with van der Waals surface area (Å²) in [5.74, 6) is 0.857. The van der Waals surface area contributed by atoms with E-state index in [2.05, 4.69) is 40.1 Å². The van der Waals surface area contributed by atoms with Gasteiger partial charge in [0.25, 0.3) is 0 Å². The van der Waals surface area contributed by atoms with Crippen LogP contribution in [0.2, 0.25) is 0 Å². The Morgan fingerprint density at radius 1 is 1.47 bits per heavy atom. The summed E-state index contributed by atoms with van der Waals surface area (Å²) in [4.78, 5) is 0. The number of nitrogens with one attached hydrogen (secondary N) is 1. The third kappa shape index (κ3) is 3.46. The van der Waals surface area contributed by atoms with Gasteiger partial charge in [0, 0.05) is 13.2 Å². The molecule has 1 aliphatic carbocycles. The van der Waals surface area contributed by atoms with Crippen LogP contribution in [0.5, 0.6) is 0 Å². The van der Waals surface area contributed by atoms with Gasteiger partial charge in [-0.2, -0.15) is 0 Å². The number of methoxy groups -OCH3 is 1. The molecule has 1 aliphatic rings. The Balaban J connectivity index is 2.36. The number of ether oxygens (including phenoxy) is 1. The molecule has 0 spiro atoms. The van der Waals surface area contributed by atoms with Gasteiger partial charge in [-0.3, -0.25) is 0 Å². The van der Waals surface area contributed by atoms with Gasteiger partial charge < -0.3 is 10.1 Å². The van der Waals surface area contributed by atoms with Crippen LogP contribution in [0.15, 0.2) is 0 Å². The van der Waals surface area contributed by atoms with Crippen molar-refractivity contribution in [2.24, 2.45) is 11.3 Å². The van der Waals surface area contributed by atoms with Crippen molar-refractivity contribution in [3.05, 3.63) is 0 Å². The second-order valence-electron chi connectivity index (χ2n) is 6.20. The van der Waals surface area contributed by atoms with Crippen LogP contribution in [0.4, 0.5) is 0 Å². The summed E-state index contributed by atoms with van der Waals surface area (Å²) < 4.78 is 5.46. The average molecular weight is 213 g/mol. The Kier molecular flexibility index (Phi) is 3.83. The SMILES string of the molecule is CNC(CCC(C)(C)OC)C1CC1(C)C. The predicted octanol–water partition coefficient (Wildman–Crippen LogP) is 2.83. The maximum absolute atomic E-state index is 5.46. The third-order valence-corrected chi connectivity index (χ3v) is 4.06. The molecule has 2 unspecified atom stereocenters. The Morgan fingerprint density at radius 2 is 2.00 bits per heavy atom. The lowest BCUT2D eigenvalue weighted by molar-refractivity contribution is 0.0111. The highest BCUT2D eigenvalue weighted by molar-refractivity contribution is 5.01. The fourth-order valence-corrected chi connectivity index (χ4v) is 2.35. The molecule has 90 valence electrons. The molecule has 1 N–H and O–H groups in total. The molecule has 2 heteroatoms. The molecular formula is C13H27NO. The lowest BCUT2D eigenvalue weighted by Gasteiger charge is -2.26. The summed E-state index contributed by atoms with van der Waals surface area (Å²) in [6.45, 7) is 9.06. The van der Waals surface area contributed by atoms with E-state index in [0.717, 1.165) is 12.3 Å². The fraction of sp³-hybridized carbons (Fsp3) is 1.00. The summed E-state index contributed by atoms with van der Waals surface area (Å²) >= 11 is 0. The maximum Gasteiger partial charge on any atom is 0.0623 e. The van der Waals surface area contributed by atoms with E-state index >= 15 is 0 Å². The quantitative estimate of drug-likeness (QED) is 0.732. The van der Waals surface area contributed by atoms with Gasteiger partial charge in [0.05, 0.1) is 5.60 Å². The standard InChI is InChI=1S/C13H27NO/c1-12(2)9-10(12)11(14-5)7-8-13(3,4)15-6/h10-11,14H,7-9H2,1-6H3. The highest BCUT2D eigenvalue weighted by Gasteiger charge is 2.49. The summed E-state index contributed by atoms with van der Waals surface area (Å²) in [6.07, 6.45) is 3.71. The Hall–Kier alpha value is -0.0800. The minimum atomic E-state index is 0.0220. The van der Waals surface area contributed by atoms with Crippen molar-refractivity contribution in [1.29, 1.82) is 0 Å². The summed E-state index contributed by atoms with van der Waals surface area (Å²) in [5.41, 5.74) is 0.582. The molecule has 1 saturated carbocycles. The third-order valence-electron chi connectivity index (χ3n) is 4.06. The predicted molar refractivity (Wildman–Crippen MR) is 65.1 cm³/mol.